The zero-order valence-electron chi connectivity index (χ0n) is 11.5. The number of rotatable bonds is 6. The van der Waals surface area contributed by atoms with Gasteiger partial charge in [0.05, 0.1) is 25.6 Å². The first kappa shape index (κ1) is 14.5. The Morgan fingerprint density at radius 3 is 2.75 bits per heavy atom. The van der Waals surface area contributed by atoms with E-state index in [0.717, 1.165) is 32.5 Å². The highest BCUT2D eigenvalue weighted by Gasteiger charge is 2.18. The summed E-state index contributed by atoms with van der Waals surface area (Å²) < 4.78 is 0. The second-order valence-corrected chi connectivity index (χ2v) is 5.20. The summed E-state index contributed by atoms with van der Waals surface area (Å²) in [5.41, 5.74) is 2.83. The van der Waals surface area contributed by atoms with Gasteiger partial charge in [0.25, 0.3) is 0 Å². The van der Waals surface area contributed by atoms with Crippen molar-refractivity contribution in [1.29, 1.82) is 0 Å². The minimum absolute atomic E-state index is 0.217. The Morgan fingerprint density at radius 1 is 1.25 bits per heavy atom. The lowest BCUT2D eigenvalue weighted by Crippen LogP contribution is -3.11. The summed E-state index contributed by atoms with van der Waals surface area (Å²) in [4.78, 5) is 23.1. The average Bonchev–Trinajstić information content (AvgIpc) is 2.45. The zero-order valence-corrected chi connectivity index (χ0v) is 11.5. The van der Waals surface area contributed by atoms with E-state index in [1.807, 2.05) is 0 Å². The Bertz CT molecular complexity index is 488. The van der Waals surface area contributed by atoms with Gasteiger partial charge in [0.2, 0.25) is 5.91 Å². The molecule has 0 saturated carbocycles. The fourth-order valence-electron chi connectivity index (χ4n) is 2.61. The third-order valence-corrected chi connectivity index (χ3v) is 3.67. The summed E-state index contributed by atoms with van der Waals surface area (Å²) in [5, 5.41) is 12.5. The van der Waals surface area contributed by atoms with Crippen LogP contribution in [0, 0.1) is 0 Å². The van der Waals surface area contributed by atoms with Crippen LogP contribution in [-0.4, -0.2) is 31.5 Å². The van der Waals surface area contributed by atoms with Crippen LogP contribution < -0.4 is 15.3 Å². The molecule has 0 aliphatic carbocycles. The Labute approximate surface area is 118 Å². The van der Waals surface area contributed by atoms with Crippen molar-refractivity contribution in [1.82, 2.24) is 5.32 Å². The van der Waals surface area contributed by atoms with Gasteiger partial charge >= 0.3 is 0 Å². The number of carboxylic acid groups (broad SMARTS) is 1. The van der Waals surface area contributed by atoms with Crippen LogP contribution in [0.3, 0.4) is 0 Å². The molecule has 1 atom stereocenters. The molecule has 2 N–H and O–H groups in total. The number of carboxylic acids is 1. The molecule has 1 amide bonds. The average molecular weight is 276 g/mol. The van der Waals surface area contributed by atoms with Crippen LogP contribution in [0.25, 0.3) is 0 Å². The number of carbonyl (C=O) groups is 2. The summed E-state index contributed by atoms with van der Waals surface area (Å²) in [6, 6.07) is 8.49. The molecule has 1 heterocycles. The van der Waals surface area contributed by atoms with Gasteiger partial charge in [-0.1, -0.05) is 24.3 Å². The number of quaternary nitrogens is 1. The summed E-state index contributed by atoms with van der Waals surface area (Å²) in [5.74, 6) is -1.47. The molecule has 0 saturated heterocycles. The minimum atomic E-state index is -1.25. The van der Waals surface area contributed by atoms with Crippen molar-refractivity contribution in [3.63, 3.8) is 0 Å². The molecule has 1 aliphatic rings. The Hall–Kier alpha value is -1.88. The lowest BCUT2D eigenvalue weighted by atomic mass is 10.00. The van der Waals surface area contributed by atoms with E-state index in [1.165, 1.54) is 16.0 Å². The van der Waals surface area contributed by atoms with Gasteiger partial charge in [0, 0.05) is 24.8 Å². The lowest BCUT2D eigenvalue weighted by molar-refractivity contribution is -0.916. The van der Waals surface area contributed by atoms with Crippen molar-refractivity contribution in [3.05, 3.63) is 35.4 Å². The molecule has 5 heteroatoms. The van der Waals surface area contributed by atoms with Crippen molar-refractivity contribution in [3.8, 4) is 0 Å². The number of hydrogen-bond acceptors (Lipinski definition) is 3. The lowest BCUT2D eigenvalue weighted by Gasteiger charge is -2.25. The maximum absolute atomic E-state index is 11.4. The number of benzene rings is 1. The van der Waals surface area contributed by atoms with Gasteiger partial charge in [0.15, 0.2) is 0 Å². The molecule has 0 aromatic heterocycles. The van der Waals surface area contributed by atoms with Crippen molar-refractivity contribution in [2.45, 2.75) is 25.8 Å². The molecule has 108 valence electrons. The number of amides is 1. The predicted octanol–water partition coefficient (Wildman–Crippen LogP) is -1.73. The quantitative estimate of drug-likeness (QED) is 0.649. The van der Waals surface area contributed by atoms with Gasteiger partial charge in [0.1, 0.15) is 6.54 Å². The van der Waals surface area contributed by atoms with Crippen LogP contribution >= 0.6 is 0 Å². The Balaban J connectivity index is 1.68. The molecule has 2 rings (SSSR count). The summed E-state index contributed by atoms with van der Waals surface area (Å²) >= 11 is 0. The molecule has 1 aliphatic heterocycles. The largest absolute Gasteiger partial charge is 0.548 e. The molecule has 1 unspecified atom stereocenters. The molecule has 1 aromatic carbocycles. The molecule has 0 spiro atoms. The minimum Gasteiger partial charge on any atom is -0.548 e. The monoisotopic (exact) mass is 276 g/mol. The van der Waals surface area contributed by atoms with E-state index in [0.29, 0.717) is 6.42 Å². The van der Waals surface area contributed by atoms with Gasteiger partial charge < -0.3 is 20.1 Å². The smallest absolute Gasteiger partial charge is 0.220 e. The number of nitrogens with one attached hydrogen (secondary N) is 2. The van der Waals surface area contributed by atoms with Crippen LogP contribution in [0.4, 0.5) is 0 Å². The highest BCUT2D eigenvalue weighted by molar-refractivity contribution is 5.80. The third kappa shape index (κ3) is 4.35. The van der Waals surface area contributed by atoms with E-state index in [-0.39, 0.29) is 5.91 Å². The number of hydrogen-bond donors (Lipinski definition) is 2. The fraction of sp³-hybridized carbons (Fsp3) is 0.467. The highest BCUT2D eigenvalue weighted by Crippen LogP contribution is 2.10. The first-order valence-corrected chi connectivity index (χ1v) is 7.02. The first-order valence-electron chi connectivity index (χ1n) is 7.02. The number of aliphatic carboxylic acids is 1. The SMILES string of the molecule is O=C([O-])CNC(=O)CCC[NH+]1CCc2ccccc2C1. The van der Waals surface area contributed by atoms with Gasteiger partial charge in [-0.3, -0.25) is 4.79 Å². The number of fused-ring (bicyclic) bond motifs is 1. The zero-order chi connectivity index (χ0) is 14.4. The molecular weight excluding hydrogens is 256 g/mol. The molecule has 20 heavy (non-hydrogen) atoms. The van der Waals surface area contributed by atoms with Crippen LogP contribution in [0.1, 0.15) is 24.0 Å². The maximum atomic E-state index is 11.4. The second-order valence-electron chi connectivity index (χ2n) is 5.20. The van der Waals surface area contributed by atoms with Crippen LogP contribution in [0.15, 0.2) is 24.3 Å². The van der Waals surface area contributed by atoms with Gasteiger partial charge in [-0.2, -0.15) is 0 Å². The summed E-state index contributed by atoms with van der Waals surface area (Å²) in [6.07, 6.45) is 2.23. The van der Waals surface area contributed by atoms with Gasteiger partial charge in [-0.25, -0.2) is 0 Å². The van der Waals surface area contributed by atoms with Crippen molar-refractivity contribution in [2.24, 2.45) is 0 Å². The van der Waals surface area contributed by atoms with Crippen molar-refractivity contribution in [2.75, 3.05) is 19.6 Å². The molecule has 0 fully saturated rings. The molecule has 0 bridgehead atoms. The molecule has 0 radical (unpaired) electrons. The predicted molar refractivity (Wildman–Crippen MR) is 71.8 cm³/mol. The van der Waals surface area contributed by atoms with Crippen LogP contribution in [-0.2, 0) is 22.6 Å². The first-order chi connectivity index (χ1) is 9.65. The topological polar surface area (TPSA) is 73.7 Å². The normalized spacial score (nSPS) is 17.3. The third-order valence-electron chi connectivity index (χ3n) is 3.67. The Morgan fingerprint density at radius 2 is 2.00 bits per heavy atom. The second kappa shape index (κ2) is 7.05. The van der Waals surface area contributed by atoms with Crippen molar-refractivity contribution < 1.29 is 19.6 Å². The summed E-state index contributed by atoms with van der Waals surface area (Å²) in [6.45, 7) is 2.64. The molecule has 1 aromatic rings. The summed E-state index contributed by atoms with van der Waals surface area (Å²) in [7, 11) is 0. The fourth-order valence-corrected chi connectivity index (χ4v) is 2.61. The van der Waals surface area contributed by atoms with Crippen molar-refractivity contribution >= 4 is 11.9 Å². The standard InChI is InChI=1S/C15H20N2O3/c18-14(16-10-15(19)20)6-3-8-17-9-7-12-4-1-2-5-13(12)11-17/h1-2,4-5H,3,6-11H2,(H,16,18)(H,19,20). The molecular formula is C15H20N2O3. The van der Waals surface area contributed by atoms with Gasteiger partial charge in [-0.15, -0.1) is 0 Å². The van der Waals surface area contributed by atoms with E-state index in [1.54, 1.807) is 0 Å². The van der Waals surface area contributed by atoms with E-state index < -0.39 is 12.5 Å². The maximum Gasteiger partial charge on any atom is 0.220 e. The highest BCUT2D eigenvalue weighted by atomic mass is 16.4. The van der Waals surface area contributed by atoms with E-state index in [9.17, 15) is 14.7 Å². The number of carbonyl (C=O) groups excluding carboxylic acids is 2. The van der Waals surface area contributed by atoms with Gasteiger partial charge in [-0.05, 0) is 5.56 Å². The van der Waals surface area contributed by atoms with Crippen LogP contribution in [0.2, 0.25) is 0 Å². The Kier molecular flexibility index (Phi) is 5.12. The van der Waals surface area contributed by atoms with E-state index >= 15 is 0 Å². The van der Waals surface area contributed by atoms with E-state index in [4.69, 9.17) is 0 Å². The molecule has 5 nitrogen and oxygen atoms in total. The van der Waals surface area contributed by atoms with E-state index in [2.05, 4.69) is 29.6 Å². The van der Waals surface area contributed by atoms with Crippen LogP contribution in [0.5, 0.6) is 0 Å².